The van der Waals surface area contributed by atoms with Crippen LogP contribution in [0.15, 0.2) is 40.9 Å². The summed E-state index contributed by atoms with van der Waals surface area (Å²) in [6.45, 7) is 0. The van der Waals surface area contributed by atoms with Crippen molar-refractivity contribution < 1.29 is 4.92 Å². The van der Waals surface area contributed by atoms with E-state index in [1.54, 1.807) is 0 Å². The summed E-state index contributed by atoms with van der Waals surface area (Å²) in [7, 11) is 0. The molecule has 0 amide bonds. The van der Waals surface area contributed by atoms with Gasteiger partial charge in [-0.25, -0.2) is 4.98 Å². The van der Waals surface area contributed by atoms with E-state index in [2.05, 4.69) is 20.9 Å². The number of para-hydroxylation sites is 1. The minimum absolute atomic E-state index is 0.0136. The molecule has 0 aliphatic carbocycles. The lowest BCUT2D eigenvalue weighted by Gasteiger charge is -2.04. The van der Waals surface area contributed by atoms with E-state index in [1.807, 2.05) is 24.3 Å². The summed E-state index contributed by atoms with van der Waals surface area (Å²) in [6, 6.07) is 10.5. The Morgan fingerprint density at radius 1 is 1.30 bits per heavy atom. The van der Waals surface area contributed by atoms with Gasteiger partial charge >= 0.3 is 0 Å². The Labute approximate surface area is 126 Å². The van der Waals surface area contributed by atoms with Gasteiger partial charge < -0.3 is 5.73 Å². The van der Waals surface area contributed by atoms with Gasteiger partial charge in [0.1, 0.15) is 5.01 Å². The lowest BCUT2D eigenvalue weighted by atomic mass is 10.1. The van der Waals surface area contributed by atoms with Crippen LogP contribution in [-0.4, -0.2) is 9.91 Å². The third-order valence-corrected chi connectivity index (χ3v) is 4.58. The van der Waals surface area contributed by atoms with Crippen molar-refractivity contribution in [3.63, 3.8) is 0 Å². The van der Waals surface area contributed by atoms with Crippen molar-refractivity contribution in [3.05, 3.63) is 51.0 Å². The Morgan fingerprint density at radius 2 is 2.05 bits per heavy atom. The molecule has 0 unspecified atom stereocenters. The molecule has 7 heteroatoms. The van der Waals surface area contributed by atoms with E-state index in [9.17, 15) is 10.1 Å². The zero-order valence-electron chi connectivity index (χ0n) is 10.0. The fraction of sp³-hybridized carbons (Fsp3) is 0. The number of fused-ring (bicyclic) bond motifs is 1. The third kappa shape index (κ3) is 2.14. The van der Waals surface area contributed by atoms with Gasteiger partial charge in [-0.05, 0) is 28.1 Å². The topological polar surface area (TPSA) is 82.0 Å². The molecule has 2 aromatic carbocycles. The second kappa shape index (κ2) is 4.84. The Balaban J connectivity index is 2.24. The maximum absolute atomic E-state index is 10.9. The van der Waals surface area contributed by atoms with E-state index in [0.717, 1.165) is 10.2 Å². The number of non-ortho nitro benzene ring substituents is 1. The molecule has 2 N–H and O–H groups in total. The fourth-order valence-electron chi connectivity index (χ4n) is 1.87. The first-order valence-electron chi connectivity index (χ1n) is 5.65. The first-order chi connectivity index (χ1) is 9.56. The van der Waals surface area contributed by atoms with E-state index in [-0.39, 0.29) is 5.69 Å². The Morgan fingerprint density at radius 3 is 2.75 bits per heavy atom. The monoisotopic (exact) mass is 349 g/mol. The Bertz CT molecular complexity index is 799. The van der Waals surface area contributed by atoms with Gasteiger partial charge in [0.25, 0.3) is 5.69 Å². The molecule has 0 radical (unpaired) electrons. The third-order valence-electron chi connectivity index (χ3n) is 2.85. The quantitative estimate of drug-likeness (QED) is 0.426. The van der Waals surface area contributed by atoms with Crippen LogP contribution >= 0.6 is 27.3 Å². The van der Waals surface area contributed by atoms with Crippen LogP contribution in [0.4, 0.5) is 11.4 Å². The Kier molecular flexibility index (Phi) is 3.15. The number of aromatic nitrogens is 1. The van der Waals surface area contributed by atoms with Crippen LogP contribution in [0.5, 0.6) is 0 Å². The number of nitro benzene ring substituents is 1. The number of nitrogen functional groups attached to an aromatic ring is 1. The van der Waals surface area contributed by atoms with Crippen molar-refractivity contribution in [1.82, 2.24) is 4.98 Å². The van der Waals surface area contributed by atoms with Gasteiger partial charge in [0.2, 0.25) is 0 Å². The number of rotatable bonds is 2. The summed E-state index contributed by atoms with van der Waals surface area (Å²) in [5.41, 5.74) is 7.87. The number of thiazole rings is 1. The number of benzene rings is 2. The van der Waals surface area contributed by atoms with Crippen LogP contribution < -0.4 is 5.73 Å². The SMILES string of the molecule is Nc1c(Br)cc([N+](=O)[O-])cc1-c1nc2ccccc2s1. The second-order valence-electron chi connectivity index (χ2n) is 4.13. The zero-order chi connectivity index (χ0) is 14.3. The van der Waals surface area contributed by atoms with Gasteiger partial charge in [0.15, 0.2) is 0 Å². The molecule has 100 valence electrons. The molecule has 0 aliphatic heterocycles. The minimum atomic E-state index is -0.443. The first kappa shape index (κ1) is 13.0. The van der Waals surface area contributed by atoms with Crippen LogP contribution in [0, 0.1) is 10.1 Å². The van der Waals surface area contributed by atoms with E-state index in [4.69, 9.17) is 5.73 Å². The second-order valence-corrected chi connectivity index (χ2v) is 6.02. The van der Waals surface area contributed by atoms with Gasteiger partial charge in [-0.3, -0.25) is 10.1 Å². The molecule has 1 heterocycles. The first-order valence-corrected chi connectivity index (χ1v) is 7.26. The molecule has 0 fully saturated rings. The van der Waals surface area contributed by atoms with Crippen LogP contribution in [0.25, 0.3) is 20.8 Å². The summed E-state index contributed by atoms with van der Waals surface area (Å²) in [6.07, 6.45) is 0. The average Bonchev–Trinajstić information content (AvgIpc) is 2.84. The summed E-state index contributed by atoms with van der Waals surface area (Å²) in [5, 5.41) is 11.6. The van der Waals surface area contributed by atoms with Gasteiger partial charge in [0, 0.05) is 22.2 Å². The highest BCUT2D eigenvalue weighted by atomic mass is 79.9. The molecule has 3 rings (SSSR count). The predicted octanol–water partition coefficient (Wildman–Crippen LogP) is 4.22. The molecule has 0 atom stereocenters. The van der Waals surface area contributed by atoms with Crippen molar-refractivity contribution in [1.29, 1.82) is 0 Å². The maximum atomic E-state index is 10.9. The van der Waals surface area contributed by atoms with Crippen LogP contribution in [0.2, 0.25) is 0 Å². The maximum Gasteiger partial charge on any atom is 0.271 e. The highest BCUT2D eigenvalue weighted by Gasteiger charge is 2.17. The number of hydrogen-bond acceptors (Lipinski definition) is 5. The fourth-order valence-corrected chi connectivity index (χ4v) is 3.32. The number of nitro groups is 1. The van der Waals surface area contributed by atoms with Gasteiger partial charge in [0.05, 0.1) is 20.8 Å². The van der Waals surface area contributed by atoms with Crippen molar-refractivity contribution in [2.75, 3.05) is 5.73 Å². The van der Waals surface area contributed by atoms with Crippen molar-refractivity contribution in [2.24, 2.45) is 0 Å². The molecular weight excluding hydrogens is 342 g/mol. The summed E-state index contributed by atoms with van der Waals surface area (Å²) in [5.74, 6) is 0. The number of nitrogens with zero attached hydrogens (tertiary/aromatic N) is 2. The Hall–Kier alpha value is -1.99. The van der Waals surface area contributed by atoms with Gasteiger partial charge in [-0.1, -0.05) is 12.1 Å². The van der Waals surface area contributed by atoms with Gasteiger partial charge in [-0.15, -0.1) is 11.3 Å². The summed E-state index contributed by atoms with van der Waals surface area (Å²) >= 11 is 4.71. The normalized spacial score (nSPS) is 10.8. The molecule has 5 nitrogen and oxygen atoms in total. The molecule has 3 aromatic rings. The lowest BCUT2D eigenvalue weighted by Crippen LogP contribution is -1.95. The highest BCUT2D eigenvalue weighted by molar-refractivity contribution is 9.10. The van der Waals surface area contributed by atoms with E-state index < -0.39 is 4.92 Å². The number of halogens is 1. The lowest BCUT2D eigenvalue weighted by molar-refractivity contribution is -0.384. The molecule has 0 aliphatic rings. The minimum Gasteiger partial charge on any atom is -0.397 e. The molecule has 0 saturated carbocycles. The van der Waals surface area contributed by atoms with E-state index in [0.29, 0.717) is 20.7 Å². The molecule has 0 saturated heterocycles. The molecule has 0 spiro atoms. The van der Waals surface area contributed by atoms with E-state index >= 15 is 0 Å². The van der Waals surface area contributed by atoms with Crippen LogP contribution in [0.3, 0.4) is 0 Å². The standard InChI is InChI=1S/C13H8BrN3O2S/c14-9-6-7(17(18)19)5-8(12(9)15)13-16-10-3-1-2-4-11(10)20-13/h1-6H,15H2. The van der Waals surface area contributed by atoms with Crippen molar-refractivity contribution >= 4 is 48.9 Å². The molecule has 1 aromatic heterocycles. The number of hydrogen-bond donors (Lipinski definition) is 1. The highest BCUT2D eigenvalue weighted by Crippen LogP contribution is 2.39. The molecule has 20 heavy (non-hydrogen) atoms. The number of nitrogens with two attached hydrogens (primary N) is 1. The van der Waals surface area contributed by atoms with Crippen LogP contribution in [-0.2, 0) is 0 Å². The molecular formula is C13H8BrN3O2S. The molecule has 0 bridgehead atoms. The summed E-state index contributed by atoms with van der Waals surface area (Å²) < 4.78 is 1.52. The van der Waals surface area contributed by atoms with Gasteiger partial charge in [-0.2, -0.15) is 0 Å². The largest absolute Gasteiger partial charge is 0.397 e. The van der Waals surface area contributed by atoms with Crippen molar-refractivity contribution in [2.45, 2.75) is 0 Å². The predicted molar refractivity (Wildman–Crippen MR) is 83.8 cm³/mol. The smallest absolute Gasteiger partial charge is 0.271 e. The number of anilines is 1. The average molecular weight is 350 g/mol. The van der Waals surface area contributed by atoms with Crippen LogP contribution in [0.1, 0.15) is 0 Å². The summed E-state index contributed by atoms with van der Waals surface area (Å²) in [4.78, 5) is 15.0. The van der Waals surface area contributed by atoms with E-state index in [1.165, 1.54) is 23.5 Å². The van der Waals surface area contributed by atoms with Crippen molar-refractivity contribution in [3.8, 4) is 10.6 Å². The zero-order valence-corrected chi connectivity index (χ0v) is 12.4.